The molecule has 0 aromatic carbocycles. The van der Waals surface area contributed by atoms with E-state index < -0.39 is 34.5 Å². The fourth-order valence-corrected chi connectivity index (χ4v) is 7.66. The van der Waals surface area contributed by atoms with Gasteiger partial charge in [-0.05, 0) is 70.1 Å². The van der Waals surface area contributed by atoms with Crippen LogP contribution in [0.5, 0.6) is 0 Å². The third-order valence-corrected chi connectivity index (χ3v) is 10.5. The minimum Gasteiger partial charge on any atom is -0.430 e. The van der Waals surface area contributed by atoms with E-state index in [4.69, 9.17) is 14.2 Å². The summed E-state index contributed by atoms with van der Waals surface area (Å²) in [6.07, 6.45) is 3.87. The Morgan fingerprint density at radius 3 is 2.44 bits per heavy atom. The van der Waals surface area contributed by atoms with E-state index in [2.05, 4.69) is 20.8 Å². The summed E-state index contributed by atoms with van der Waals surface area (Å²) in [5.74, 6) is -0.344. The monoisotopic (exact) mass is 450 g/mol. The Morgan fingerprint density at radius 2 is 1.91 bits per heavy atom. The number of aliphatic hydroxyl groups excluding tert-OH is 1. The molecule has 2 aliphatic heterocycles. The maximum Gasteiger partial charge on any atom is 0.341 e. The molecule has 2 saturated carbocycles. The first-order valence-corrected chi connectivity index (χ1v) is 12.3. The summed E-state index contributed by atoms with van der Waals surface area (Å²) in [7, 11) is 0. The number of esters is 1. The zero-order chi connectivity index (χ0) is 24.0. The van der Waals surface area contributed by atoms with Gasteiger partial charge in [-0.25, -0.2) is 4.79 Å². The summed E-state index contributed by atoms with van der Waals surface area (Å²) in [6.45, 7) is 16.3. The summed E-state index contributed by atoms with van der Waals surface area (Å²) in [4.78, 5) is 24.7. The lowest BCUT2D eigenvalue weighted by molar-refractivity contribution is -0.267. The van der Waals surface area contributed by atoms with Crippen LogP contribution < -0.4 is 0 Å². The second-order valence-corrected chi connectivity index (χ2v) is 12.6. The molecule has 4 rings (SSSR count). The van der Waals surface area contributed by atoms with E-state index in [1.165, 1.54) is 0 Å². The van der Waals surface area contributed by atoms with Crippen LogP contribution in [0.3, 0.4) is 0 Å². The molecule has 4 fully saturated rings. The topological polar surface area (TPSA) is 82.1 Å². The lowest BCUT2D eigenvalue weighted by Crippen LogP contribution is -2.61. The standard InChI is InChI=1S/C26H42O6/c1-16(2)25-12-13-26(18(25)14-25)15-30-24(8)23(26,7)22(6,20(29)32-24)31-19(28)21(4,5)11-9-10-17(3)27/h16,18-19,28H,9-15H2,1-8H3/t18-,19-,22?,23+,24-,25-,26-/m0/s1. The van der Waals surface area contributed by atoms with Crippen LogP contribution in [0.2, 0.25) is 0 Å². The number of ether oxygens (including phenoxy) is 3. The Kier molecular flexibility index (Phi) is 5.30. The number of ketones is 1. The molecule has 1 spiro atoms. The van der Waals surface area contributed by atoms with Gasteiger partial charge in [0.1, 0.15) is 5.78 Å². The van der Waals surface area contributed by atoms with Crippen molar-refractivity contribution >= 4 is 11.8 Å². The molecule has 1 N–H and O–H groups in total. The predicted octanol–water partition coefficient (Wildman–Crippen LogP) is 4.62. The molecule has 0 amide bonds. The van der Waals surface area contributed by atoms with Gasteiger partial charge in [0.2, 0.25) is 5.79 Å². The number of hydrogen-bond donors (Lipinski definition) is 1. The molecule has 32 heavy (non-hydrogen) atoms. The molecule has 7 atom stereocenters. The second kappa shape index (κ2) is 7.02. The molecule has 0 aromatic heterocycles. The number of hydrogen-bond acceptors (Lipinski definition) is 6. The minimum absolute atomic E-state index is 0.134. The molecule has 182 valence electrons. The largest absolute Gasteiger partial charge is 0.430 e. The van der Waals surface area contributed by atoms with E-state index in [0.717, 1.165) is 19.3 Å². The number of carbonyl (C=O) groups excluding carboxylic acids is 2. The molecular formula is C26H42O6. The highest BCUT2D eigenvalue weighted by molar-refractivity contribution is 5.84. The summed E-state index contributed by atoms with van der Waals surface area (Å²) < 4.78 is 18.6. The van der Waals surface area contributed by atoms with Gasteiger partial charge in [0.05, 0.1) is 12.0 Å². The van der Waals surface area contributed by atoms with Crippen molar-refractivity contribution in [3.8, 4) is 0 Å². The third kappa shape index (κ3) is 2.81. The lowest BCUT2D eigenvalue weighted by atomic mass is 9.53. The molecule has 1 unspecified atom stereocenters. The molecular weight excluding hydrogens is 408 g/mol. The van der Waals surface area contributed by atoms with E-state index >= 15 is 0 Å². The van der Waals surface area contributed by atoms with Crippen molar-refractivity contribution in [1.82, 2.24) is 0 Å². The van der Waals surface area contributed by atoms with Gasteiger partial charge in [-0.3, -0.25) is 0 Å². The Morgan fingerprint density at radius 1 is 1.25 bits per heavy atom. The Labute approximate surface area is 192 Å². The lowest BCUT2D eigenvalue weighted by Gasteiger charge is -2.50. The fraction of sp³-hybridized carbons (Fsp3) is 0.923. The molecule has 4 aliphatic rings. The van der Waals surface area contributed by atoms with Crippen molar-refractivity contribution < 1.29 is 28.9 Å². The van der Waals surface area contributed by atoms with Gasteiger partial charge >= 0.3 is 5.97 Å². The van der Waals surface area contributed by atoms with Crippen molar-refractivity contribution in [3.05, 3.63) is 0 Å². The van der Waals surface area contributed by atoms with Crippen molar-refractivity contribution in [1.29, 1.82) is 0 Å². The Hall–Kier alpha value is -0.980. The maximum absolute atomic E-state index is 13.4. The van der Waals surface area contributed by atoms with Crippen LogP contribution in [-0.4, -0.2) is 41.1 Å². The third-order valence-electron chi connectivity index (χ3n) is 10.5. The van der Waals surface area contributed by atoms with Gasteiger partial charge in [0, 0.05) is 24.2 Å². The Balaban J connectivity index is 1.65. The zero-order valence-electron chi connectivity index (χ0n) is 21.2. The van der Waals surface area contributed by atoms with Crippen LogP contribution in [0.1, 0.15) is 93.9 Å². The number of Topliss-reactive ketones (excluding diaryl/α,β-unsaturated/α-hetero) is 1. The van der Waals surface area contributed by atoms with Gasteiger partial charge in [0.15, 0.2) is 11.9 Å². The summed E-state index contributed by atoms with van der Waals surface area (Å²) in [5.41, 5.74) is -2.57. The SMILES string of the molecule is CC(=O)CCCC(C)(C)[C@@H](O)OC1(C)C(=O)O[C@]2(C)OC[C@]3(CC[C@@]4(C(C)C)C[C@@H]43)[C@]12C. The van der Waals surface area contributed by atoms with E-state index in [1.54, 1.807) is 13.8 Å². The highest BCUT2D eigenvalue weighted by atomic mass is 16.8. The highest BCUT2D eigenvalue weighted by Gasteiger charge is 2.87. The average molecular weight is 451 g/mol. The number of fused-ring (bicyclic) bond motifs is 4. The van der Waals surface area contributed by atoms with Gasteiger partial charge < -0.3 is 24.1 Å². The zero-order valence-corrected chi connectivity index (χ0v) is 21.2. The Bertz CT molecular complexity index is 821. The van der Waals surface area contributed by atoms with Crippen molar-refractivity contribution in [2.24, 2.45) is 33.5 Å². The van der Waals surface area contributed by atoms with Crippen LogP contribution >= 0.6 is 0 Å². The fourth-order valence-electron chi connectivity index (χ4n) is 7.66. The number of aliphatic hydroxyl groups is 1. The van der Waals surface area contributed by atoms with E-state index in [0.29, 0.717) is 43.1 Å². The second-order valence-electron chi connectivity index (χ2n) is 12.6. The average Bonchev–Trinajstić information content (AvgIpc) is 3.24. The van der Waals surface area contributed by atoms with Crippen LogP contribution in [0.15, 0.2) is 0 Å². The molecule has 0 radical (unpaired) electrons. The van der Waals surface area contributed by atoms with Crippen LogP contribution in [0.4, 0.5) is 0 Å². The summed E-state index contributed by atoms with van der Waals surface area (Å²) >= 11 is 0. The van der Waals surface area contributed by atoms with Gasteiger partial charge in [-0.15, -0.1) is 0 Å². The van der Waals surface area contributed by atoms with Gasteiger partial charge in [-0.1, -0.05) is 27.7 Å². The van der Waals surface area contributed by atoms with E-state index in [1.807, 2.05) is 20.8 Å². The summed E-state index contributed by atoms with van der Waals surface area (Å²) in [5, 5.41) is 11.2. The maximum atomic E-state index is 13.4. The number of rotatable bonds is 8. The van der Waals surface area contributed by atoms with Crippen LogP contribution in [-0.2, 0) is 23.8 Å². The van der Waals surface area contributed by atoms with Crippen molar-refractivity contribution in [3.63, 3.8) is 0 Å². The van der Waals surface area contributed by atoms with Gasteiger partial charge in [0.25, 0.3) is 0 Å². The first-order valence-electron chi connectivity index (χ1n) is 12.3. The van der Waals surface area contributed by atoms with E-state index in [9.17, 15) is 14.7 Å². The van der Waals surface area contributed by atoms with Crippen molar-refractivity contribution in [2.45, 2.75) is 112 Å². The van der Waals surface area contributed by atoms with Crippen molar-refractivity contribution in [2.75, 3.05) is 6.61 Å². The van der Waals surface area contributed by atoms with Gasteiger partial charge in [-0.2, -0.15) is 0 Å². The smallest absolute Gasteiger partial charge is 0.341 e. The molecule has 2 heterocycles. The van der Waals surface area contributed by atoms with Crippen LogP contribution in [0.25, 0.3) is 0 Å². The number of carbonyl (C=O) groups is 2. The molecule has 6 heteroatoms. The molecule has 2 saturated heterocycles. The molecule has 6 nitrogen and oxygen atoms in total. The summed E-state index contributed by atoms with van der Waals surface area (Å²) in [6, 6.07) is 0. The van der Waals surface area contributed by atoms with E-state index in [-0.39, 0.29) is 11.2 Å². The highest BCUT2D eigenvalue weighted by Crippen LogP contribution is 2.83. The van der Waals surface area contributed by atoms with Crippen LogP contribution in [0, 0.1) is 33.5 Å². The predicted molar refractivity (Wildman–Crippen MR) is 119 cm³/mol. The molecule has 0 bridgehead atoms. The first kappa shape index (κ1) is 24.2. The minimum atomic E-state index is -1.33. The molecule has 0 aromatic rings. The normalized spacial score (nSPS) is 45.8. The molecule has 2 aliphatic carbocycles. The quantitative estimate of drug-likeness (QED) is 0.429. The first-order chi connectivity index (χ1) is 14.6.